The number of fused-ring (bicyclic) bond motifs is 3. The molecule has 2 unspecified atom stereocenters. The van der Waals surface area contributed by atoms with E-state index in [4.69, 9.17) is 5.11 Å². The lowest BCUT2D eigenvalue weighted by Gasteiger charge is -2.26. The third-order valence-corrected chi connectivity index (χ3v) is 6.03. The Bertz CT molecular complexity index is 733. The highest BCUT2D eigenvalue weighted by molar-refractivity contribution is 6.41. The van der Waals surface area contributed by atoms with Gasteiger partial charge in [0.05, 0.1) is 19.5 Å². The van der Waals surface area contributed by atoms with E-state index in [1.54, 1.807) is 0 Å². The first kappa shape index (κ1) is 22.7. The average molecular weight is 437 g/mol. The van der Waals surface area contributed by atoms with Gasteiger partial charge in [0.2, 0.25) is 0 Å². The van der Waals surface area contributed by atoms with Crippen LogP contribution in [0.2, 0.25) is 0 Å². The zero-order valence-corrected chi connectivity index (χ0v) is 17.8. The predicted molar refractivity (Wildman–Crippen MR) is 105 cm³/mol. The molecule has 2 aliphatic heterocycles. The Labute approximate surface area is 179 Å². The van der Waals surface area contributed by atoms with Crippen LogP contribution in [-0.2, 0) is 34.9 Å². The molecule has 2 heterocycles. The summed E-state index contributed by atoms with van der Waals surface area (Å²) in [6.07, 6.45) is -0.0112. The van der Waals surface area contributed by atoms with Crippen molar-refractivity contribution < 1.29 is 30.6 Å². The van der Waals surface area contributed by atoms with Crippen LogP contribution >= 0.6 is 0 Å². The normalized spacial score (nSPS) is 24.1. The van der Waals surface area contributed by atoms with Gasteiger partial charge >= 0.3 is 21.2 Å². The summed E-state index contributed by atoms with van der Waals surface area (Å²) in [4.78, 5) is 40.8. The van der Waals surface area contributed by atoms with E-state index in [2.05, 4.69) is 12.5 Å². The van der Waals surface area contributed by atoms with E-state index >= 15 is 0 Å². The molecule has 2 bridgehead atoms. The Morgan fingerprint density at radius 3 is 1.87 bits per heavy atom. The topological polar surface area (TPSA) is 99.6 Å². The van der Waals surface area contributed by atoms with Gasteiger partial charge < -0.3 is 16.2 Å². The van der Waals surface area contributed by atoms with Crippen LogP contribution in [0.5, 0.6) is 0 Å². The summed E-state index contributed by atoms with van der Waals surface area (Å²) in [6.45, 7) is 4.30. The number of benzene rings is 1. The van der Waals surface area contributed by atoms with Gasteiger partial charge in [-0.1, -0.05) is 24.3 Å². The quantitative estimate of drug-likeness (QED) is 0.642. The van der Waals surface area contributed by atoms with Crippen molar-refractivity contribution >= 4 is 33.2 Å². The number of rotatable bonds is 4. The van der Waals surface area contributed by atoms with Gasteiger partial charge in [0.25, 0.3) is 11.9 Å². The van der Waals surface area contributed by atoms with Crippen molar-refractivity contribution in [3.8, 4) is 0 Å². The number of carbonyl (C=O) groups excluding carboxylic acids is 2. The standard InChI is InChI=1S/C19H27N3O6.Al.FH/c23-17(24)11-15-1-3-16(4-2-15)12-20-5-7-21(13-18(25)26)9-10-22(8-6-20)14-19(27)28;;/h1-4H,5-14H2,(H,23,24)(H,25,26)(H,27,28);;1H/q;+3;/p-3. The zero-order chi connectivity index (χ0) is 21.5. The number of carbonyl (C=O) groups is 3. The van der Waals surface area contributed by atoms with E-state index in [1.807, 2.05) is 34.1 Å². The van der Waals surface area contributed by atoms with Crippen LogP contribution in [0.25, 0.3) is 0 Å². The molecule has 0 amide bonds. The molecule has 0 aromatic heterocycles. The highest BCUT2D eigenvalue weighted by atomic mass is 27.3. The van der Waals surface area contributed by atoms with E-state index in [-0.39, 0.29) is 19.5 Å². The monoisotopic (exact) mass is 437 g/mol. The zero-order valence-electron chi connectivity index (χ0n) is 16.7. The second kappa shape index (κ2) is 10.8. The maximum Gasteiger partial charge on any atom is 1.15 e. The number of nitrogens with zero attached hydrogens (tertiary/aromatic N) is 3. The lowest BCUT2D eigenvalue weighted by molar-refractivity contribution is -0.142. The van der Waals surface area contributed by atoms with Gasteiger partial charge in [-0.15, -0.1) is 0 Å². The van der Waals surface area contributed by atoms with Crippen molar-refractivity contribution in [2.75, 3.05) is 52.4 Å². The minimum atomic E-state index is -3.79. The number of hydrogen-bond acceptors (Lipinski definition) is 8. The number of carboxylic acid groups (broad SMARTS) is 1. The van der Waals surface area contributed by atoms with Crippen molar-refractivity contribution in [3.05, 3.63) is 35.4 Å². The fourth-order valence-corrected chi connectivity index (χ4v) is 4.13. The molecular formula is C19H25AlFN3O6. The molecule has 9 nitrogen and oxygen atoms in total. The molecule has 11 heteroatoms. The molecule has 162 valence electrons. The molecule has 2 atom stereocenters. The molecule has 2 fully saturated rings. The number of carboxylic acids is 1. The molecule has 0 aliphatic carbocycles. The summed E-state index contributed by atoms with van der Waals surface area (Å²) in [5, 5.41) is 8.89. The smallest absolute Gasteiger partial charge is 0.558 e. The van der Waals surface area contributed by atoms with Crippen LogP contribution in [0.4, 0.5) is 3.52 Å². The van der Waals surface area contributed by atoms with E-state index < -0.39 is 33.2 Å². The first-order valence-corrected chi connectivity index (χ1v) is 11.2. The van der Waals surface area contributed by atoms with Gasteiger partial charge in [-0.05, 0) is 11.1 Å². The maximum atomic E-state index is 13.7. The molecule has 30 heavy (non-hydrogen) atoms. The Morgan fingerprint density at radius 2 is 1.37 bits per heavy atom. The molecule has 0 radical (unpaired) electrons. The summed E-state index contributed by atoms with van der Waals surface area (Å²) < 4.78 is 23.0. The second-order valence-electron chi connectivity index (χ2n) is 7.47. The number of hydrogen-bond donors (Lipinski definition) is 1. The Kier molecular flexibility index (Phi) is 8.18. The highest BCUT2D eigenvalue weighted by Gasteiger charge is 2.42. The lowest BCUT2D eigenvalue weighted by atomic mass is 10.1. The van der Waals surface area contributed by atoms with Crippen molar-refractivity contribution in [2.24, 2.45) is 0 Å². The Morgan fingerprint density at radius 1 is 0.900 bits per heavy atom. The van der Waals surface area contributed by atoms with Crippen LogP contribution in [-0.4, -0.2) is 105 Å². The van der Waals surface area contributed by atoms with Crippen LogP contribution in [0.1, 0.15) is 11.1 Å². The van der Waals surface area contributed by atoms with Gasteiger partial charge in [0.15, 0.2) is 0 Å². The van der Waals surface area contributed by atoms with Crippen molar-refractivity contribution in [3.63, 3.8) is 0 Å². The Balaban J connectivity index is 1.67. The largest absolute Gasteiger partial charge is 1.15 e. The van der Waals surface area contributed by atoms with Crippen molar-refractivity contribution in [1.82, 2.24) is 14.7 Å². The van der Waals surface area contributed by atoms with E-state index in [9.17, 15) is 17.9 Å². The second-order valence-corrected chi connectivity index (χ2v) is 8.49. The van der Waals surface area contributed by atoms with Crippen LogP contribution in [0.15, 0.2) is 24.3 Å². The van der Waals surface area contributed by atoms with E-state index in [1.165, 1.54) is 0 Å². The molecule has 3 rings (SSSR count). The van der Waals surface area contributed by atoms with Gasteiger partial charge in [-0.2, -0.15) is 0 Å². The molecule has 0 spiro atoms. The molecule has 2 saturated heterocycles. The minimum absolute atomic E-state index is 0.0112. The van der Waals surface area contributed by atoms with Gasteiger partial charge in [0.1, 0.15) is 0 Å². The summed E-state index contributed by atoms with van der Waals surface area (Å²) in [7, 11) is 0. The first-order chi connectivity index (χ1) is 14.4. The van der Waals surface area contributed by atoms with Crippen molar-refractivity contribution in [1.29, 1.82) is 0 Å². The highest BCUT2D eigenvalue weighted by Crippen LogP contribution is 2.11. The van der Waals surface area contributed by atoms with Gasteiger partial charge in [-0.25, -0.2) is 0 Å². The number of halogens is 1. The molecule has 1 aromatic rings. The predicted octanol–water partition coefficient (Wildman–Crippen LogP) is -0.212. The fourth-order valence-electron chi connectivity index (χ4n) is 3.52. The third-order valence-electron chi connectivity index (χ3n) is 5.14. The fraction of sp³-hybridized carbons (Fsp3) is 0.526. The summed E-state index contributed by atoms with van der Waals surface area (Å²) >= 11 is -3.79. The summed E-state index contributed by atoms with van der Waals surface area (Å²) in [5.74, 6) is -2.29. The molecule has 2 aliphatic rings. The minimum Gasteiger partial charge on any atom is -0.558 e. The van der Waals surface area contributed by atoms with E-state index in [0.29, 0.717) is 45.8 Å². The molecule has 1 aromatic carbocycles. The van der Waals surface area contributed by atoms with E-state index in [0.717, 1.165) is 11.1 Å². The van der Waals surface area contributed by atoms with Gasteiger partial charge in [-0.3, -0.25) is 29.1 Å². The summed E-state index contributed by atoms with van der Waals surface area (Å²) in [6, 6.07) is 7.46. The van der Waals surface area contributed by atoms with Crippen LogP contribution < -0.4 is 0 Å². The number of aliphatic carboxylic acids is 1. The SMILES string of the molecule is O=C(O)Cc1ccc(CN2CCN3CCN(CC2)CC(=O)[O][Al]([F])[O]C(=O)C3)cc1. The summed E-state index contributed by atoms with van der Waals surface area (Å²) in [5.41, 5.74) is 1.79. The van der Waals surface area contributed by atoms with Crippen LogP contribution in [0.3, 0.4) is 0 Å². The molecule has 0 saturated carbocycles. The molecular weight excluding hydrogens is 412 g/mol. The van der Waals surface area contributed by atoms with Crippen molar-refractivity contribution in [2.45, 2.75) is 13.0 Å². The first-order valence-electron chi connectivity index (χ1n) is 9.87. The molecule has 1 N–H and O–H groups in total. The van der Waals surface area contributed by atoms with Gasteiger partial charge in [0, 0.05) is 45.8 Å². The third kappa shape index (κ3) is 7.34. The van der Waals surface area contributed by atoms with Crippen LogP contribution in [0, 0.1) is 0 Å². The Hall–Kier alpha value is -2.03. The average Bonchev–Trinajstić information content (AvgIpc) is 2.73. The maximum absolute atomic E-state index is 13.7. The lowest BCUT2D eigenvalue weighted by Crippen LogP contribution is -2.40.